The van der Waals surface area contributed by atoms with E-state index in [1.54, 1.807) is 84.3 Å². The van der Waals surface area contributed by atoms with Crippen LogP contribution in [0.4, 0.5) is 4.39 Å². The standard InChI is InChI=1S/C35H46FN7O4/c1-23(37-5)31(44)40-30(35(2,3)4)34(47)43-19-27(39-32(45)25-10-8-7-9-11-25)18-28(43)20-42(33(46)29-21-41(6)22-38-29)17-16-24-12-14-26(36)15-13-24/h7-15,21-23,27-28,30,37H,16-20H2,1-6H3,(H,39,45)(H,40,44)/t23-,27-,28?,30+/m0/s1. The van der Waals surface area contributed by atoms with Gasteiger partial charge in [0.05, 0.1) is 18.4 Å². The molecule has 2 heterocycles. The molecule has 1 saturated heterocycles. The predicted molar refractivity (Wildman–Crippen MR) is 177 cm³/mol. The smallest absolute Gasteiger partial charge is 0.274 e. The third kappa shape index (κ3) is 9.25. The van der Waals surface area contributed by atoms with Crippen LogP contribution >= 0.6 is 0 Å². The molecule has 0 saturated carbocycles. The van der Waals surface area contributed by atoms with Crippen molar-refractivity contribution in [1.29, 1.82) is 0 Å². The molecule has 2 aromatic carbocycles. The molecule has 1 fully saturated rings. The number of halogens is 1. The zero-order valence-electron chi connectivity index (χ0n) is 28.0. The summed E-state index contributed by atoms with van der Waals surface area (Å²) in [6.45, 7) is 8.04. The molecular weight excluding hydrogens is 601 g/mol. The first-order chi connectivity index (χ1) is 22.3. The second-order valence-electron chi connectivity index (χ2n) is 13.3. The molecule has 4 amide bonds. The van der Waals surface area contributed by atoms with E-state index in [1.807, 2.05) is 26.8 Å². The van der Waals surface area contributed by atoms with E-state index in [9.17, 15) is 23.6 Å². The number of amides is 4. The molecule has 1 aliphatic rings. The van der Waals surface area contributed by atoms with E-state index in [1.165, 1.54) is 12.1 Å². The summed E-state index contributed by atoms with van der Waals surface area (Å²) in [4.78, 5) is 62.0. The highest BCUT2D eigenvalue weighted by Gasteiger charge is 2.44. The highest BCUT2D eigenvalue weighted by molar-refractivity contribution is 5.95. The van der Waals surface area contributed by atoms with Gasteiger partial charge in [0.25, 0.3) is 11.8 Å². The third-order valence-electron chi connectivity index (χ3n) is 8.52. The van der Waals surface area contributed by atoms with E-state index < -0.39 is 29.6 Å². The first-order valence-corrected chi connectivity index (χ1v) is 15.9. The molecule has 11 nitrogen and oxygen atoms in total. The van der Waals surface area contributed by atoms with Crippen molar-refractivity contribution in [3.8, 4) is 0 Å². The number of carbonyl (C=O) groups excluding carboxylic acids is 4. The second-order valence-corrected chi connectivity index (χ2v) is 13.3. The van der Waals surface area contributed by atoms with E-state index in [0.717, 1.165) is 5.56 Å². The number of hydrogen-bond donors (Lipinski definition) is 3. The number of rotatable bonds is 12. The Balaban J connectivity index is 1.64. The summed E-state index contributed by atoms with van der Waals surface area (Å²) in [6.07, 6.45) is 4.04. The molecule has 0 radical (unpaired) electrons. The summed E-state index contributed by atoms with van der Waals surface area (Å²) in [5.74, 6) is -1.51. The summed E-state index contributed by atoms with van der Waals surface area (Å²) in [6, 6.07) is 12.7. The molecule has 0 spiro atoms. The van der Waals surface area contributed by atoms with Crippen LogP contribution < -0.4 is 16.0 Å². The maximum atomic E-state index is 14.4. The molecular formula is C35H46FN7O4. The van der Waals surface area contributed by atoms with Crippen LogP contribution in [0.1, 0.15) is 60.5 Å². The van der Waals surface area contributed by atoms with Crippen molar-refractivity contribution in [3.05, 3.63) is 89.8 Å². The van der Waals surface area contributed by atoms with Crippen molar-refractivity contribution in [1.82, 2.24) is 35.3 Å². The normalized spacial score (nSPS) is 17.6. The van der Waals surface area contributed by atoms with Crippen molar-refractivity contribution in [2.45, 2.75) is 64.7 Å². The SMILES string of the molecule is CN[C@@H](C)C(=O)N[C@H](C(=O)N1C[C@@H](NC(=O)c2ccccc2)CC1CN(CCc1ccc(F)cc1)C(=O)c1cn(C)cn1)C(C)(C)C. The Morgan fingerprint density at radius 1 is 1.06 bits per heavy atom. The Labute approximate surface area is 275 Å². The summed E-state index contributed by atoms with van der Waals surface area (Å²) >= 11 is 0. The second kappa shape index (κ2) is 15.3. The molecule has 1 aliphatic heterocycles. The number of aromatic nitrogens is 2. The number of benzene rings is 2. The van der Waals surface area contributed by atoms with Gasteiger partial charge in [0.15, 0.2) is 0 Å². The molecule has 1 aromatic heterocycles. The molecule has 4 rings (SSSR count). The molecule has 0 bridgehead atoms. The Hall–Kier alpha value is -4.58. The average Bonchev–Trinajstić information content (AvgIpc) is 3.66. The van der Waals surface area contributed by atoms with Crippen molar-refractivity contribution in [2.24, 2.45) is 12.5 Å². The van der Waals surface area contributed by atoms with Gasteiger partial charge in [-0.25, -0.2) is 9.37 Å². The quantitative estimate of drug-likeness (QED) is 0.278. The third-order valence-corrected chi connectivity index (χ3v) is 8.52. The summed E-state index contributed by atoms with van der Waals surface area (Å²) in [5.41, 5.74) is 0.979. The fraction of sp³-hybridized carbons (Fsp3) is 0.457. The van der Waals surface area contributed by atoms with Crippen molar-refractivity contribution in [3.63, 3.8) is 0 Å². The first kappa shape index (κ1) is 35.3. The van der Waals surface area contributed by atoms with Gasteiger partial charge in [-0.3, -0.25) is 19.2 Å². The minimum atomic E-state index is -0.865. The van der Waals surface area contributed by atoms with Crippen LogP contribution in [-0.2, 0) is 23.1 Å². The topological polar surface area (TPSA) is 129 Å². The summed E-state index contributed by atoms with van der Waals surface area (Å²) in [7, 11) is 3.45. The fourth-order valence-electron chi connectivity index (χ4n) is 5.67. The number of carbonyl (C=O) groups is 4. The number of likely N-dealkylation sites (tertiary alicyclic amines) is 1. The van der Waals surface area contributed by atoms with Crippen LogP contribution in [0.3, 0.4) is 0 Å². The number of imidazole rings is 1. The van der Waals surface area contributed by atoms with Crippen LogP contribution in [0.5, 0.6) is 0 Å². The lowest BCUT2D eigenvalue weighted by molar-refractivity contribution is -0.140. The first-order valence-electron chi connectivity index (χ1n) is 15.9. The van der Waals surface area contributed by atoms with Crippen LogP contribution in [0.25, 0.3) is 0 Å². The Kier molecular flexibility index (Phi) is 11.5. The Morgan fingerprint density at radius 3 is 2.34 bits per heavy atom. The van der Waals surface area contributed by atoms with Crippen LogP contribution in [-0.4, -0.2) is 93.8 Å². The van der Waals surface area contributed by atoms with Gasteiger partial charge in [-0.15, -0.1) is 0 Å². The largest absolute Gasteiger partial charge is 0.347 e. The molecule has 12 heteroatoms. The number of likely N-dealkylation sites (N-methyl/N-ethyl adjacent to an activating group) is 1. The molecule has 4 atom stereocenters. The highest BCUT2D eigenvalue weighted by atomic mass is 19.1. The Bertz CT molecular complexity index is 1540. The lowest BCUT2D eigenvalue weighted by Gasteiger charge is -2.37. The van der Waals surface area contributed by atoms with E-state index in [2.05, 4.69) is 20.9 Å². The average molecular weight is 648 g/mol. The number of hydrogen-bond acceptors (Lipinski definition) is 6. The van der Waals surface area contributed by atoms with Crippen LogP contribution in [0, 0.1) is 11.2 Å². The van der Waals surface area contributed by atoms with Gasteiger partial charge in [0.1, 0.15) is 17.6 Å². The molecule has 0 aliphatic carbocycles. The molecule has 252 valence electrons. The number of aryl methyl sites for hydroxylation is 1. The minimum Gasteiger partial charge on any atom is -0.347 e. The van der Waals surface area contributed by atoms with Crippen LogP contribution in [0.15, 0.2) is 67.1 Å². The lowest BCUT2D eigenvalue weighted by atomic mass is 9.85. The van der Waals surface area contributed by atoms with Crippen molar-refractivity contribution in [2.75, 3.05) is 26.7 Å². The molecule has 3 aromatic rings. The number of nitrogens with zero attached hydrogens (tertiary/aromatic N) is 4. The molecule has 1 unspecified atom stereocenters. The highest BCUT2D eigenvalue weighted by Crippen LogP contribution is 2.27. The van der Waals surface area contributed by atoms with E-state index in [4.69, 9.17) is 0 Å². The minimum absolute atomic E-state index is 0.164. The van der Waals surface area contributed by atoms with Crippen molar-refractivity contribution < 1.29 is 23.6 Å². The summed E-state index contributed by atoms with van der Waals surface area (Å²) in [5, 5.41) is 8.92. The van der Waals surface area contributed by atoms with Gasteiger partial charge in [-0.05, 0) is 62.1 Å². The maximum absolute atomic E-state index is 14.4. The molecule has 3 N–H and O–H groups in total. The van der Waals surface area contributed by atoms with Gasteiger partial charge in [-0.2, -0.15) is 0 Å². The fourth-order valence-corrected chi connectivity index (χ4v) is 5.67. The van der Waals surface area contributed by atoms with Gasteiger partial charge in [-0.1, -0.05) is 51.1 Å². The lowest BCUT2D eigenvalue weighted by Crippen LogP contribution is -2.59. The van der Waals surface area contributed by atoms with Crippen LogP contribution in [0.2, 0.25) is 0 Å². The summed E-state index contributed by atoms with van der Waals surface area (Å²) < 4.78 is 15.3. The van der Waals surface area contributed by atoms with Crippen molar-refractivity contribution >= 4 is 23.6 Å². The molecule has 47 heavy (non-hydrogen) atoms. The van der Waals surface area contributed by atoms with Gasteiger partial charge >= 0.3 is 0 Å². The maximum Gasteiger partial charge on any atom is 0.274 e. The van der Waals surface area contributed by atoms with E-state index >= 15 is 0 Å². The van der Waals surface area contributed by atoms with Gasteiger partial charge in [0, 0.05) is 44.5 Å². The zero-order chi connectivity index (χ0) is 34.3. The van der Waals surface area contributed by atoms with E-state index in [0.29, 0.717) is 24.9 Å². The van der Waals surface area contributed by atoms with E-state index in [-0.39, 0.29) is 48.2 Å². The van der Waals surface area contributed by atoms with Gasteiger partial charge < -0.3 is 30.3 Å². The zero-order valence-corrected chi connectivity index (χ0v) is 28.0. The number of nitrogens with one attached hydrogen (secondary N) is 3. The van der Waals surface area contributed by atoms with Gasteiger partial charge in [0.2, 0.25) is 11.8 Å². The Morgan fingerprint density at radius 2 is 1.74 bits per heavy atom. The monoisotopic (exact) mass is 647 g/mol. The predicted octanol–water partition coefficient (Wildman–Crippen LogP) is 2.78.